The van der Waals surface area contributed by atoms with Crippen LogP contribution in [0.1, 0.15) is 20.8 Å². The van der Waals surface area contributed by atoms with Crippen LogP contribution >= 0.6 is 11.6 Å². The molecule has 1 rings (SSSR count). The van der Waals surface area contributed by atoms with Gasteiger partial charge in [-0.25, -0.2) is 17.9 Å². The molecule has 21 heavy (non-hydrogen) atoms. The third-order valence-corrected chi connectivity index (χ3v) is 3.60. The first-order valence-electron chi connectivity index (χ1n) is 5.62. The van der Waals surface area contributed by atoms with Crippen LogP contribution in [0.15, 0.2) is 23.1 Å². The standard InChI is InChI=1S/C11H13ClN2O6S/c1-11(2,3)20-10(15)13-21(18,19)9-6-7(12)4-5-8(9)14(16)17/h4-6H,1-3H3,(H,13,15). The van der Waals surface area contributed by atoms with Crippen LogP contribution in [0, 0.1) is 10.1 Å². The lowest BCUT2D eigenvalue weighted by Crippen LogP contribution is -2.36. The van der Waals surface area contributed by atoms with Gasteiger partial charge >= 0.3 is 6.09 Å². The molecule has 0 unspecified atom stereocenters. The van der Waals surface area contributed by atoms with Crippen LogP contribution in [-0.4, -0.2) is 25.0 Å². The van der Waals surface area contributed by atoms with E-state index in [2.05, 4.69) is 0 Å². The molecule has 0 radical (unpaired) electrons. The van der Waals surface area contributed by atoms with Crippen molar-refractivity contribution in [2.24, 2.45) is 0 Å². The normalized spacial score (nSPS) is 11.8. The molecule has 0 aromatic heterocycles. The zero-order valence-corrected chi connectivity index (χ0v) is 13.0. The molecule has 0 heterocycles. The lowest BCUT2D eigenvalue weighted by atomic mass is 10.2. The summed E-state index contributed by atoms with van der Waals surface area (Å²) in [4.78, 5) is 20.7. The van der Waals surface area contributed by atoms with E-state index in [1.165, 1.54) is 6.07 Å². The van der Waals surface area contributed by atoms with Crippen LogP contribution in [0.25, 0.3) is 0 Å². The second-order valence-electron chi connectivity index (χ2n) is 4.98. The minimum Gasteiger partial charge on any atom is -0.443 e. The Morgan fingerprint density at radius 3 is 2.43 bits per heavy atom. The molecule has 0 bridgehead atoms. The summed E-state index contributed by atoms with van der Waals surface area (Å²) in [6.07, 6.45) is -1.24. The van der Waals surface area contributed by atoms with Gasteiger partial charge in [0.1, 0.15) is 5.60 Å². The summed E-state index contributed by atoms with van der Waals surface area (Å²) >= 11 is 5.64. The zero-order valence-electron chi connectivity index (χ0n) is 11.4. The molecule has 8 nitrogen and oxygen atoms in total. The van der Waals surface area contributed by atoms with Crippen LogP contribution in [-0.2, 0) is 14.8 Å². The van der Waals surface area contributed by atoms with Gasteiger partial charge in [-0.05, 0) is 32.9 Å². The summed E-state index contributed by atoms with van der Waals surface area (Å²) in [5.41, 5.74) is -1.62. The van der Waals surface area contributed by atoms with Crippen molar-refractivity contribution in [2.45, 2.75) is 31.3 Å². The van der Waals surface area contributed by atoms with Gasteiger partial charge in [0.15, 0.2) is 4.90 Å². The Bertz CT molecular complexity index is 680. The number of nitro benzene ring substituents is 1. The number of hydrogen-bond donors (Lipinski definition) is 1. The first-order valence-corrected chi connectivity index (χ1v) is 7.48. The van der Waals surface area contributed by atoms with Gasteiger partial charge in [-0.2, -0.15) is 0 Å². The molecule has 0 saturated heterocycles. The molecule has 0 saturated carbocycles. The quantitative estimate of drug-likeness (QED) is 0.669. The van der Waals surface area contributed by atoms with Crippen molar-refractivity contribution in [3.63, 3.8) is 0 Å². The molecule has 116 valence electrons. The number of carbonyl (C=O) groups is 1. The largest absolute Gasteiger partial charge is 0.443 e. The molecule has 1 amide bonds. The molecule has 0 fully saturated rings. The van der Waals surface area contributed by atoms with Gasteiger partial charge in [0.05, 0.1) is 4.92 Å². The number of rotatable bonds is 3. The van der Waals surface area contributed by atoms with Gasteiger partial charge in [0, 0.05) is 11.1 Å². The van der Waals surface area contributed by atoms with Crippen LogP contribution in [0.5, 0.6) is 0 Å². The molecule has 0 aliphatic carbocycles. The average molecular weight is 337 g/mol. The van der Waals surface area contributed by atoms with Crippen LogP contribution in [0.3, 0.4) is 0 Å². The highest BCUT2D eigenvalue weighted by Crippen LogP contribution is 2.27. The number of nitrogens with one attached hydrogen (secondary N) is 1. The van der Waals surface area contributed by atoms with E-state index in [1.807, 2.05) is 0 Å². The summed E-state index contributed by atoms with van der Waals surface area (Å²) in [6, 6.07) is 2.99. The highest BCUT2D eigenvalue weighted by molar-refractivity contribution is 7.90. The van der Waals surface area contributed by atoms with Gasteiger partial charge in [0.2, 0.25) is 0 Å². The number of benzene rings is 1. The van der Waals surface area contributed by atoms with E-state index in [1.54, 1.807) is 25.5 Å². The first-order chi connectivity index (χ1) is 9.42. The number of halogens is 1. The molecule has 0 aliphatic heterocycles. The minimum atomic E-state index is -4.48. The molecule has 1 aromatic carbocycles. The summed E-state index contributed by atoms with van der Waals surface area (Å²) in [5.74, 6) is 0. The molecule has 10 heteroatoms. The van der Waals surface area contributed by atoms with E-state index in [0.29, 0.717) is 0 Å². The Balaban J connectivity index is 3.17. The predicted octanol–water partition coefficient (Wildman–Crippen LogP) is 2.46. The van der Waals surface area contributed by atoms with E-state index in [-0.39, 0.29) is 5.02 Å². The number of nitro groups is 1. The van der Waals surface area contributed by atoms with Crippen LogP contribution in [0.4, 0.5) is 10.5 Å². The SMILES string of the molecule is CC(C)(C)OC(=O)NS(=O)(=O)c1cc(Cl)ccc1[N+](=O)[O-]. The van der Waals surface area contributed by atoms with E-state index >= 15 is 0 Å². The van der Waals surface area contributed by atoms with Gasteiger partial charge in [0.25, 0.3) is 15.7 Å². The average Bonchev–Trinajstić information content (AvgIpc) is 2.24. The maximum Gasteiger partial charge on any atom is 0.421 e. The number of ether oxygens (including phenoxy) is 1. The molecular formula is C11H13ClN2O6S. The lowest BCUT2D eigenvalue weighted by molar-refractivity contribution is -0.387. The third-order valence-electron chi connectivity index (χ3n) is 2.02. The molecular weight excluding hydrogens is 324 g/mol. The second kappa shape index (κ2) is 5.86. The van der Waals surface area contributed by atoms with E-state index in [0.717, 1.165) is 12.1 Å². The molecule has 0 spiro atoms. The molecule has 1 aromatic rings. The van der Waals surface area contributed by atoms with Gasteiger partial charge in [-0.1, -0.05) is 11.6 Å². The summed E-state index contributed by atoms with van der Waals surface area (Å²) in [5, 5.41) is 10.8. The number of sulfonamides is 1. The maximum atomic E-state index is 12.0. The van der Waals surface area contributed by atoms with Crippen molar-refractivity contribution in [3.05, 3.63) is 33.3 Å². The Labute approximate surface area is 126 Å². The van der Waals surface area contributed by atoms with E-state index < -0.39 is 37.2 Å². The number of hydrogen-bond acceptors (Lipinski definition) is 6. The third kappa shape index (κ3) is 4.87. The van der Waals surface area contributed by atoms with Gasteiger partial charge in [-0.15, -0.1) is 0 Å². The van der Waals surface area contributed by atoms with Crippen molar-refractivity contribution in [2.75, 3.05) is 0 Å². The topological polar surface area (TPSA) is 116 Å². The van der Waals surface area contributed by atoms with E-state index in [9.17, 15) is 23.3 Å². The minimum absolute atomic E-state index is 0.0230. The van der Waals surface area contributed by atoms with Crippen molar-refractivity contribution in [1.29, 1.82) is 0 Å². The van der Waals surface area contributed by atoms with Gasteiger partial charge in [-0.3, -0.25) is 10.1 Å². The fraction of sp³-hybridized carbons (Fsp3) is 0.364. The van der Waals surface area contributed by atoms with Gasteiger partial charge < -0.3 is 4.74 Å². The van der Waals surface area contributed by atoms with Crippen molar-refractivity contribution < 1.29 is 22.9 Å². The summed E-state index contributed by atoms with van der Waals surface area (Å²) in [7, 11) is -4.48. The Kier molecular flexibility index (Phi) is 4.79. The predicted molar refractivity (Wildman–Crippen MR) is 74.7 cm³/mol. The smallest absolute Gasteiger partial charge is 0.421 e. The lowest BCUT2D eigenvalue weighted by Gasteiger charge is -2.19. The number of carbonyl (C=O) groups excluding carboxylic acids is 1. The Hall–Kier alpha value is -1.87. The maximum absolute atomic E-state index is 12.0. The van der Waals surface area contributed by atoms with E-state index in [4.69, 9.17) is 16.3 Å². The molecule has 0 aliphatic rings. The summed E-state index contributed by atoms with van der Waals surface area (Å²) < 4.78 is 30.5. The summed E-state index contributed by atoms with van der Waals surface area (Å²) in [6.45, 7) is 4.63. The Morgan fingerprint density at radius 2 is 1.95 bits per heavy atom. The second-order valence-corrected chi connectivity index (χ2v) is 7.06. The van der Waals surface area contributed by atoms with Crippen molar-refractivity contribution in [1.82, 2.24) is 4.72 Å². The molecule has 0 atom stereocenters. The fourth-order valence-electron chi connectivity index (χ4n) is 1.32. The van der Waals surface area contributed by atoms with Crippen LogP contribution in [0.2, 0.25) is 5.02 Å². The highest BCUT2D eigenvalue weighted by atomic mass is 35.5. The first kappa shape index (κ1) is 17.2. The highest BCUT2D eigenvalue weighted by Gasteiger charge is 2.29. The van der Waals surface area contributed by atoms with Crippen LogP contribution < -0.4 is 4.72 Å². The number of nitrogens with zero attached hydrogens (tertiary/aromatic N) is 1. The fourth-order valence-corrected chi connectivity index (χ4v) is 2.63. The monoisotopic (exact) mass is 336 g/mol. The van der Waals surface area contributed by atoms with Crippen molar-refractivity contribution >= 4 is 33.4 Å². The van der Waals surface area contributed by atoms with Crippen molar-refractivity contribution in [3.8, 4) is 0 Å². The Morgan fingerprint density at radius 1 is 1.38 bits per heavy atom. The number of amides is 1. The zero-order chi connectivity index (χ0) is 16.4. The molecule has 1 N–H and O–H groups in total.